The van der Waals surface area contributed by atoms with Crippen molar-refractivity contribution in [2.45, 2.75) is 43.8 Å². The van der Waals surface area contributed by atoms with Gasteiger partial charge in [-0.15, -0.1) is 10.2 Å². The average Bonchev–Trinajstić information content (AvgIpc) is 3.10. The van der Waals surface area contributed by atoms with Crippen LogP contribution >= 0.6 is 11.8 Å². The molecule has 0 radical (unpaired) electrons. The summed E-state index contributed by atoms with van der Waals surface area (Å²) in [5.41, 5.74) is 0.761. The maximum Gasteiger partial charge on any atom is 0.234 e. The predicted octanol–water partition coefficient (Wildman–Crippen LogP) is 2.56. The normalized spacial score (nSPS) is 17.9. The van der Waals surface area contributed by atoms with Crippen LogP contribution in [0.5, 0.6) is 0 Å². The van der Waals surface area contributed by atoms with E-state index in [4.69, 9.17) is 0 Å². The Kier molecular flexibility index (Phi) is 7.31. The van der Waals surface area contributed by atoms with Gasteiger partial charge in [-0.2, -0.15) is 0 Å². The van der Waals surface area contributed by atoms with E-state index in [-0.39, 0.29) is 17.6 Å². The number of carbonyl (C=O) groups excluding carboxylic acids is 1. The van der Waals surface area contributed by atoms with Crippen molar-refractivity contribution in [2.75, 3.05) is 30.4 Å². The largest absolute Gasteiger partial charge is 0.325 e. The van der Waals surface area contributed by atoms with E-state index in [9.17, 15) is 13.2 Å². The highest BCUT2D eigenvalue weighted by molar-refractivity contribution is 7.99. The van der Waals surface area contributed by atoms with Gasteiger partial charge in [-0.05, 0) is 31.4 Å². The molecular formula is C19H27N5O3S2. The van der Waals surface area contributed by atoms with Crippen LogP contribution in [-0.2, 0) is 21.4 Å². The standard InChI is InChI=1S/C19H27N5O3S2/c1-3-11-24-18(15-8-7-12-23(13-15)29(2,26)27)21-22-19(24)28-14-17(25)20-16-9-5-4-6-10-16/h4-6,9-10,15H,3,7-8,11-14H2,1-2H3,(H,20,25)/t15-/m1/s1. The first-order valence-corrected chi connectivity index (χ1v) is 12.6. The van der Waals surface area contributed by atoms with Crippen LogP contribution in [0.1, 0.15) is 37.9 Å². The zero-order valence-electron chi connectivity index (χ0n) is 16.7. The molecule has 1 aromatic heterocycles. The van der Waals surface area contributed by atoms with Crippen molar-refractivity contribution < 1.29 is 13.2 Å². The Bertz CT molecular complexity index is 931. The number of amides is 1. The van der Waals surface area contributed by atoms with E-state index in [1.165, 1.54) is 22.3 Å². The van der Waals surface area contributed by atoms with Crippen molar-refractivity contribution in [3.8, 4) is 0 Å². The number of hydrogen-bond acceptors (Lipinski definition) is 6. The van der Waals surface area contributed by atoms with Gasteiger partial charge in [0, 0.05) is 31.2 Å². The molecule has 29 heavy (non-hydrogen) atoms. The van der Waals surface area contributed by atoms with Crippen LogP contribution in [0.25, 0.3) is 0 Å². The molecule has 0 aliphatic carbocycles. The molecule has 1 N–H and O–H groups in total. The minimum absolute atomic E-state index is 0.0185. The summed E-state index contributed by atoms with van der Waals surface area (Å²) in [6, 6.07) is 9.33. The SMILES string of the molecule is CCCn1c(SCC(=O)Nc2ccccc2)nnc1[C@@H]1CCCN(S(C)(=O)=O)C1. The maximum absolute atomic E-state index is 12.3. The van der Waals surface area contributed by atoms with Gasteiger partial charge in [0.05, 0.1) is 12.0 Å². The van der Waals surface area contributed by atoms with Gasteiger partial charge in [-0.1, -0.05) is 36.9 Å². The van der Waals surface area contributed by atoms with Gasteiger partial charge in [-0.3, -0.25) is 4.79 Å². The highest BCUT2D eigenvalue weighted by atomic mass is 32.2. The highest BCUT2D eigenvalue weighted by Crippen LogP contribution is 2.29. The number of nitrogens with one attached hydrogen (secondary N) is 1. The quantitative estimate of drug-likeness (QED) is 0.638. The number of benzene rings is 1. The Balaban J connectivity index is 1.69. The van der Waals surface area contributed by atoms with Crippen LogP contribution in [0.3, 0.4) is 0 Å². The fraction of sp³-hybridized carbons (Fsp3) is 0.526. The molecule has 158 valence electrons. The molecule has 10 heteroatoms. The average molecular weight is 438 g/mol. The molecule has 1 atom stereocenters. The summed E-state index contributed by atoms with van der Waals surface area (Å²) in [7, 11) is -3.22. The summed E-state index contributed by atoms with van der Waals surface area (Å²) in [5, 5.41) is 12.2. The molecule has 2 heterocycles. The van der Waals surface area contributed by atoms with Gasteiger partial charge < -0.3 is 9.88 Å². The molecule has 3 rings (SSSR count). The van der Waals surface area contributed by atoms with Gasteiger partial charge in [0.15, 0.2) is 5.16 Å². The Morgan fingerprint density at radius 1 is 1.28 bits per heavy atom. The Labute approximate surface area is 176 Å². The van der Waals surface area contributed by atoms with Gasteiger partial charge in [-0.25, -0.2) is 12.7 Å². The van der Waals surface area contributed by atoms with Crippen LogP contribution < -0.4 is 5.32 Å². The summed E-state index contributed by atoms with van der Waals surface area (Å²) >= 11 is 1.35. The van der Waals surface area contributed by atoms with Crippen molar-refractivity contribution in [3.05, 3.63) is 36.2 Å². The highest BCUT2D eigenvalue weighted by Gasteiger charge is 2.30. The molecular weight excluding hydrogens is 410 g/mol. The number of aromatic nitrogens is 3. The fourth-order valence-corrected chi connectivity index (χ4v) is 5.13. The topological polar surface area (TPSA) is 97.2 Å². The monoisotopic (exact) mass is 437 g/mol. The first kappa shape index (κ1) is 21.8. The van der Waals surface area contributed by atoms with Crippen molar-refractivity contribution in [2.24, 2.45) is 0 Å². The summed E-state index contributed by atoms with van der Waals surface area (Å²) < 4.78 is 27.4. The Morgan fingerprint density at radius 3 is 2.72 bits per heavy atom. The van der Waals surface area contributed by atoms with E-state index < -0.39 is 10.0 Å². The molecule has 8 nitrogen and oxygen atoms in total. The van der Waals surface area contributed by atoms with Crippen molar-refractivity contribution >= 4 is 33.4 Å². The first-order chi connectivity index (χ1) is 13.9. The van der Waals surface area contributed by atoms with Gasteiger partial charge in [0.25, 0.3) is 0 Å². The van der Waals surface area contributed by atoms with E-state index in [2.05, 4.69) is 22.4 Å². The molecule has 1 aliphatic heterocycles. The second-order valence-electron chi connectivity index (χ2n) is 7.16. The lowest BCUT2D eigenvalue weighted by atomic mass is 9.99. The molecule has 0 unspecified atom stereocenters. The number of rotatable bonds is 8. The third kappa shape index (κ3) is 5.80. The summed E-state index contributed by atoms with van der Waals surface area (Å²) in [6.45, 7) is 3.79. The smallest absolute Gasteiger partial charge is 0.234 e. The molecule has 0 spiro atoms. The summed E-state index contributed by atoms with van der Waals surface area (Å²) in [6.07, 6.45) is 3.84. The van der Waals surface area contributed by atoms with E-state index in [0.29, 0.717) is 18.2 Å². The lowest BCUT2D eigenvalue weighted by molar-refractivity contribution is -0.113. The van der Waals surface area contributed by atoms with Gasteiger partial charge in [0.2, 0.25) is 15.9 Å². The second kappa shape index (κ2) is 9.73. The number of carbonyl (C=O) groups is 1. The van der Waals surface area contributed by atoms with Crippen molar-refractivity contribution in [3.63, 3.8) is 0 Å². The van der Waals surface area contributed by atoms with Crippen LogP contribution in [0.2, 0.25) is 0 Å². The molecule has 1 saturated heterocycles. The van der Waals surface area contributed by atoms with E-state index in [1.54, 1.807) is 0 Å². The Morgan fingerprint density at radius 2 is 2.03 bits per heavy atom. The molecule has 1 aromatic carbocycles. The Hall–Kier alpha value is -1.91. The van der Waals surface area contributed by atoms with Crippen molar-refractivity contribution in [1.82, 2.24) is 19.1 Å². The van der Waals surface area contributed by atoms with Crippen LogP contribution in [-0.4, -0.2) is 58.5 Å². The molecule has 0 saturated carbocycles. The van der Waals surface area contributed by atoms with Crippen LogP contribution in [0, 0.1) is 0 Å². The number of piperidine rings is 1. The predicted molar refractivity (Wildman–Crippen MR) is 115 cm³/mol. The number of nitrogens with zero attached hydrogens (tertiary/aromatic N) is 4. The van der Waals surface area contributed by atoms with Gasteiger partial charge >= 0.3 is 0 Å². The zero-order chi connectivity index (χ0) is 20.9. The number of sulfonamides is 1. The number of thioether (sulfide) groups is 1. The minimum Gasteiger partial charge on any atom is -0.325 e. The minimum atomic E-state index is -3.22. The lowest BCUT2D eigenvalue weighted by Gasteiger charge is -2.30. The molecule has 1 fully saturated rings. The molecule has 0 bridgehead atoms. The maximum atomic E-state index is 12.3. The third-order valence-corrected chi connectivity index (χ3v) is 7.04. The summed E-state index contributed by atoms with van der Waals surface area (Å²) in [5.74, 6) is 0.961. The fourth-order valence-electron chi connectivity index (χ4n) is 3.45. The van der Waals surface area contributed by atoms with Crippen molar-refractivity contribution in [1.29, 1.82) is 0 Å². The summed E-state index contributed by atoms with van der Waals surface area (Å²) in [4.78, 5) is 12.3. The van der Waals surface area contributed by atoms with E-state index in [0.717, 1.165) is 37.3 Å². The molecule has 1 amide bonds. The van der Waals surface area contributed by atoms with Crippen LogP contribution in [0.15, 0.2) is 35.5 Å². The number of hydrogen-bond donors (Lipinski definition) is 1. The second-order valence-corrected chi connectivity index (χ2v) is 10.1. The van der Waals surface area contributed by atoms with Crippen LogP contribution in [0.4, 0.5) is 5.69 Å². The first-order valence-electron chi connectivity index (χ1n) is 9.74. The molecule has 1 aliphatic rings. The third-order valence-electron chi connectivity index (χ3n) is 4.80. The van der Waals surface area contributed by atoms with Gasteiger partial charge in [0.1, 0.15) is 5.82 Å². The molecule has 2 aromatic rings. The van der Waals surface area contributed by atoms with E-state index >= 15 is 0 Å². The number of anilines is 1. The lowest BCUT2D eigenvalue weighted by Crippen LogP contribution is -2.39. The number of para-hydroxylation sites is 1. The van der Waals surface area contributed by atoms with E-state index in [1.807, 2.05) is 34.9 Å². The zero-order valence-corrected chi connectivity index (χ0v) is 18.4.